The van der Waals surface area contributed by atoms with Crippen molar-refractivity contribution in [3.05, 3.63) is 146 Å². The first-order valence-corrected chi connectivity index (χ1v) is 16.0. The van der Waals surface area contributed by atoms with Crippen molar-refractivity contribution in [1.29, 1.82) is 0 Å². The van der Waals surface area contributed by atoms with E-state index in [0.717, 1.165) is 66.4 Å². The van der Waals surface area contributed by atoms with E-state index in [0.29, 0.717) is 0 Å². The fraction of sp³-hybridized carbons (Fsp3) is 0. The third-order valence-corrected chi connectivity index (χ3v) is 10.2. The van der Waals surface area contributed by atoms with E-state index in [1.54, 1.807) is 0 Å². The number of hydrogen-bond acceptors (Lipinski definition) is 4. The van der Waals surface area contributed by atoms with Gasteiger partial charge in [0, 0.05) is 25.9 Å². The van der Waals surface area contributed by atoms with Crippen LogP contribution < -0.4 is 4.90 Å². The zero-order valence-corrected chi connectivity index (χ0v) is 24.9. The smallest absolute Gasteiger partial charge is 0.143 e. The first kappa shape index (κ1) is 24.8. The van der Waals surface area contributed by atoms with Crippen LogP contribution in [0.5, 0.6) is 0 Å². The molecule has 0 fully saturated rings. The molecule has 3 heterocycles. The first-order valence-electron chi connectivity index (χ1n) is 15.1. The second-order valence-electron chi connectivity index (χ2n) is 11.5. The summed E-state index contributed by atoms with van der Waals surface area (Å²) in [7, 11) is 0. The molecule has 9 aromatic rings. The molecule has 4 heteroatoms. The van der Waals surface area contributed by atoms with Crippen LogP contribution in [-0.2, 0) is 0 Å². The lowest BCUT2D eigenvalue weighted by Crippen LogP contribution is -2.16. The normalized spacial score (nSPS) is 12.8. The number of anilines is 3. The summed E-state index contributed by atoms with van der Waals surface area (Å²) in [5.41, 5.74) is 7.29. The van der Waals surface area contributed by atoms with Crippen molar-refractivity contribution >= 4 is 83.3 Å². The molecule has 1 aliphatic heterocycles. The van der Waals surface area contributed by atoms with E-state index in [9.17, 15) is 0 Å². The highest BCUT2D eigenvalue weighted by Crippen LogP contribution is 2.52. The molecule has 45 heavy (non-hydrogen) atoms. The molecule has 2 aromatic heterocycles. The minimum atomic E-state index is 0.845. The fourth-order valence-electron chi connectivity index (χ4n) is 7.01. The van der Waals surface area contributed by atoms with Gasteiger partial charge in [-0.15, -0.1) is 0 Å². The number of rotatable bonds is 2. The summed E-state index contributed by atoms with van der Waals surface area (Å²) in [6.07, 6.45) is 0. The van der Waals surface area contributed by atoms with Crippen LogP contribution in [0, 0.1) is 0 Å². The Balaban J connectivity index is 1.37. The van der Waals surface area contributed by atoms with Crippen molar-refractivity contribution in [2.24, 2.45) is 0 Å². The number of furan rings is 1. The van der Waals surface area contributed by atoms with Crippen LogP contribution in [-0.4, -0.2) is 4.98 Å². The predicted octanol–water partition coefficient (Wildman–Crippen LogP) is 12.0. The van der Waals surface area contributed by atoms with Gasteiger partial charge in [-0.05, 0) is 75.8 Å². The molecule has 7 aromatic carbocycles. The fourth-order valence-corrected chi connectivity index (χ4v) is 8.07. The molecule has 0 bridgehead atoms. The summed E-state index contributed by atoms with van der Waals surface area (Å²) in [6.45, 7) is 0. The van der Waals surface area contributed by atoms with Crippen molar-refractivity contribution in [2.75, 3.05) is 4.90 Å². The Bertz CT molecular complexity index is 2600. The molecule has 210 valence electrons. The maximum atomic E-state index is 6.63. The quantitative estimate of drug-likeness (QED) is 0.200. The molecule has 0 unspecified atom stereocenters. The van der Waals surface area contributed by atoms with Gasteiger partial charge in [0.1, 0.15) is 17.0 Å². The van der Waals surface area contributed by atoms with Crippen LogP contribution in [0.2, 0.25) is 0 Å². The monoisotopic (exact) mass is 592 g/mol. The maximum Gasteiger partial charge on any atom is 0.143 e. The van der Waals surface area contributed by atoms with E-state index >= 15 is 0 Å². The Morgan fingerprint density at radius 3 is 1.96 bits per heavy atom. The van der Waals surface area contributed by atoms with Crippen LogP contribution in [0.4, 0.5) is 17.2 Å². The first-order chi connectivity index (χ1) is 22.3. The van der Waals surface area contributed by atoms with Gasteiger partial charge in [-0.3, -0.25) is 4.90 Å². The lowest BCUT2D eigenvalue weighted by molar-refractivity contribution is 0.673. The average Bonchev–Trinajstić information content (AvgIpc) is 3.50. The highest BCUT2D eigenvalue weighted by atomic mass is 32.2. The maximum absolute atomic E-state index is 6.63. The highest BCUT2D eigenvalue weighted by molar-refractivity contribution is 7.99. The van der Waals surface area contributed by atoms with Crippen molar-refractivity contribution < 1.29 is 4.42 Å². The predicted molar refractivity (Wildman–Crippen MR) is 188 cm³/mol. The molecule has 0 atom stereocenters. The molecular formula is C41H24N2OS. The van der Waals surface area contributed by atoms with E-state index in [-0.39, 0.29) is 0 Å². The van der Waals surface area contributed by atoms with E-state index in [1.165, 1.54) is 26.1 Å². The topological polar surface area (TPSA) is 29.3 Å². The molecule has 0 aliphatic carbocycles. The molecule has 0 N–H and O–H groups in total. The Kier molecular flexibility index (Phi) is 5.22. The second-order valence-corrected chi connectivity index (χ2v) is 12.6. The minimum absolute atomic E-state index is 0.845. The van der Waals surface area contributed by atoms with Crippen LogP contribution in [0.25, 0.3) is 65.5 Å². The van der Waals surface area contributed by atoms with Gasteiger partial charge in [0.25, 0.3) is 0 Å². The SMILES string of the molecule is c1ccc2c(c1)Sc1ccccc1N2c1cc(-c2cccc3ccccc23)c2ccc3oc4c5ccccc5ccc4c3c2n1. The van der Waals surface area contributed by atoms with Crippen molar-refractivity contribution in [1.82, 2.24) is 4.98 Å². The molecule has 0 radical (unpaired) electrons. The van der Waals surface area contributed by atoms with E-state index < -0.39 is 0 Å². The van der Waals surface area contributed by atoms with Gasteiger partial charge in [-0.1, -0.05) is 109 Å². The van der Waals surface area contributed by atoms with Crippen LogP contribution in [0.1, 0.15) is 0 Å². The van der Waals surface area contributed by atoms with Gasteiger partial charge in [-0.25, -0.2) is 4.98 Å². The Labute approximate surface area is 263 Å². The molecule has 0 saturated heterocycles. The number of hydrogen-bond donors (Lipinski definition) is 0. The number of pyridine rings is 1. The number of benzene rings is 7. The molecule has 0 spiro atoms. The summed E-state index contributed by atoms with van der Waals surface area (Å²) in [6, 6.07) is 51.8. The molecule has 1 aliphatic rings. The summed E-state index contributed by atoms with van der Waals surface area (Å²) < 4.78 is 6.63. The molecular weight excluding hydrogens is 569 g/mol. The Hall–Kier alpha value is -5.58. The number of nitrogens with zero attached hydrogens (tertiary/aromatic N) is 2. The minimum Gasteiger partial charge on any atom is -0.455 e. The summed E-state index contributed by atoms with van der Waals surface area (Å²) in [5, 5.41) is 7.94. The lowest BCUT2D eigenvalue weighted by Gasteiger charge is -2.32. The zero-order chi connectivity index (χ0) is 29.5. The summed E-state index contributed by atoms with van der Waals surface area (Å²) >= 11 is 1.81. The number of aromatic nitrogens is 1. The summed E-state index contributed by atoms with van der Waals surface area (Å²) in [4.78, 5) is 10.3. The van der Waals surface area contributed by atoms with Crippen molar-refractivity contribution in [2.45, 2.75) is 9.79 Å². The van der Waals surface area contributed by atoms with E-state index in [1.807, 2.05) is 11.8 Å². The Morgan fingerprint density at radius 1 is 0.511 bits per heavy atom. The van der Waals surface area contributed by atoms with Crippen LogP contribution in [0.3, 0.4) is 0 Å². The van der Waals surface area contributed by atoms with Crippen LogP contribution in [0.15, 0.2) is 160 Å². The third kappa shape index (κ3) is 3.63. The lowest BCUT2D eigenvalue weighted by atomic mass is 9.94. The van der Waals surface area contributed by atoms with Gasteiger partial charge in [0.15, 0.2) is 0 Å². The second kappa shape index (κ2) is 9.46. The molecule has 3 nitrogen and oxygen atoms in total. The molecule has 10 rings (SSSR count). The molecule has 0 amide bonds. The Morgan fingerprint density at radius 2 is 1.16 bits per heavy atom. The van der Waals surface area contributed by atoms with Gasteiger partial charge < -0.3 is 4.42 Å². The highest BCUT2D eigenvalue weighted by Gasteiger charge is 2.27. The van der Waals surface area contributed by atoms with E-state index in [2.05, 4.69) is 150 Å². The van der Waals surface area contributed by atoms with Crippen LogP contribution >= 0.6 is 11.8 Å². The van der Waals surface area contributed by atoms with E-state index in [4.69, 9.17) is 9.40 Å². The largest absolute Gasteiger partial charge is 0.455 e. The van der Waals surface area contributed by atoms with Crippen molar-refractivity contribution in [3.8, 4) is 11.1 Å². The third-order valence-electron chi connectivity index (χ3n) is 9.03. The number of para-hydroxylation sites is 2. The van der Waals surface area contributed by atoms with Gasteiger partial charge >= 0.3 is 0 Å². The van der Waals surface area contributed by atoms with Crippen molar-refractivity contribution in [3.63, 3.8) is 0 Å². The van der Waals surface area contributed by atoms with Gasteiger partial charge in [-0.2, -0.15) is 0 Å². The van der Waals surface area contributed by atoms with Gasteiger partial charge in [0.2, 0.25) is 0 Å². The van der Waals surface area contributed by atoms with Gasteiger partial charge in [0.05, 0.1) is 22.3 Å². The number of fused-ring (bicyclic) bond motifs is 10. The zero-order valence-electron chi connectivity index (χ0n) is 24.1. The standard InChI is InChI=1S/C41H24N2OS/c1-3-13-27-25(10-1)12-9-15-29(27)32-24-38(43-33-16-5-7-18-36(33)45-37-19-8-6-17-34(37)43)42-40-30(32)22-23-35-39(40)31-21-20-26-11-2-4-14-28(26)41(31)44-35/h1-24H. The summed E-state index contributed by atoms with van der Waals surface area (Å²) in [5.74, 6) is 0.883. The average molecular weight is 593 g/mol. The molecule has 0 saturated carbocycles.